The third kappa shape index (κ3) is 7.72. The summed E-state index contributed by atoms with van der Waals surface area (Å²) in [5.74, 6) is 0.920. The summed E-state index contributed by atoms with van der Waals surface area (Å²) in [6.45, 7) is 10.3. The van der Waals surface area contributed by atoms with Gasteiger partial charge in [0.2, 0.25) is 0 Å². The Morgan fingerprint density at radius 2 is 1.85 bits per heavy atom. The minimum atomic E-state index is 0. The Balaban J connectivity index is 0.00000361. The molecule has 0 spiro atoms. The average Bonchev–Trinajstić information content (AvgIpc) is 2.41. The van der Waals surface area contributed by atoms with Crippen molar-refractivity contribution >= 4 is 29.9 Å². The van der Waals surface area contributed by atoms with Crippen LogP contribution in [0.1, 0.15) is 38.3 Å². The summed E-state index contributed by atoms with van der Waals surface area (Å²) < 4.78 is 0. The van der Waals surface area contributed by atoms with E-state index in [0.717, 1.165) is 31.9 Å². The van der Waals surface area contributed by atoms with Gasteiger partial charge in [-0.25, -0.2) is 0 Å². The van der Waals surface area contributed by atoms with Crippen LogP contribution in [0.4, 0.5) is 0 Å². The molecule has 114 valence electrons. The van der Waals surface area contributed by atoms with E-state index >= 15 is 0 Å². The molecule has 0 bridgehead atoms. The molecule has 1 atom stereocenters. The number of aryl methyl sites for hydroxylation is 1. The van der Waals surface area contributed by atoms with Crippen molar-refractivity contribution in [2.75, 3.05) is 13.1 Å². The number of hydrogen-bond donors (Lipinski definition) is 2. The Hall–Kier alpha value is -0.780. The lowest BCUT2D eigenvalue weighted by atomic mass is 10.1. The van der Waals surface area contributed by atoms with Crippen molar-refractivity contribution in [2.24, 2.45) is 4.99 Å². The number of hydrogen-bond acceptors (Lipinski definition) is 1. The van der Waals surface area contributed by atoms with Gasteiger partial charge >= 0.3 is 0 Å². The minimum absolute atomic E-state index is 0. The Kier molecular flexibility index (Phi) is 10.5. The third-order valence-electron chi connectivity index (χ3n) is 3.13. The molecule has 0 radical (unpaired) electrons. The molecule has 0 fully saturated rings. The van der Waals surface area contributed by atoms with Crippen LogP contribution in [0.3, 0.4) is 0 Å². The molecule has 1 rings (SSSR count). The highest BCUT2D eigenvalue weighted by Crippen LogP contribution is 2.03. The predicted octanol–water partition coefficient (Wildman–Crippen LogP) is 3.51. The molecule has 0 aliphatic heterocycles. The molecular weight excluding hydrogens is 361 g/mol. The molecule has 0 heterocycles. The summed E-state index contributed by atoms with van der Waals surface area (Å²) in [5, 5.41) is 6.68. The maximum atomic E-state index is 4.61. The topological polar surface area (TPSA) is 36.4 Å². The van der Waals surface area contributed by atoms with E-state index in [1.165, 1.54) is 11.1 Å². The van der Waals surface area contributed by atoms with Crippen LogP contribution in [0.25, 0.3) is 0 Å². The number of rotatable bonds is 6. The minimum Gasteiger partial charge on any atom is -0.357 e. The Labute approximate surface area is 140 Å². The standard InChI is InChI=1S/C16H27N3.HI/c1-5-14(4)19-16(17-6-2)18-12-11-15-9-7-13(3)8-10-15;/h7-10,14H,5-6,11-12H2,1-4H3,(H2,17,18,19);1H. The van der Waals surface area contributed by atoms with Gasteiger partial charge in [0.25, 0.3) is 0 Å². The maximum Gasteiger partial charge on any atom is 0.191 e. The van der Waals surface area contributed by atoms with E-state index in [1.54, 1.807) is 0 Å². The monoisotopic (exact) mass is 389 g/mol. The summed E-state index contributed by atoms with van der Waals surface area (Å²) in [4.78, 5) is 4.61. The fourth-order valence-corrected chi connectivity index (χ4v) is 1.71. The zero-order valence-electron chi connectivity index (χ0n) is 13.1. The lowest BCUT2D eigenvalue weighted by molar-refractivity contribution is 0.624. The van der Waals surface area contributed by atoms with Crippen molar-refractivity contribution in [3.05, 3.63) is 35.4 Å². The van der Waals surface area contributed by atoms with E-state index in [0.29, 0.717) is 6.04 Å². The summed E-state index contributed by atoms with van der Waals surface area (Å²) in [5.41, 5.74) is 2.65. The van der Waals surface area contributed by atoms with Gasteiger partial charge in [-0.05, 0) is 39.2 Å². The van der Waals surface area contributed by atoms with E-state index in [-0.39, 0.29) is 24.0 Å². The van der Waals surface area contributed by atoms with Crippen LogP contribution in [0.15, 0.2) is 29.3 Å². The van der Waals surface area contributed by atoms with Crippen LogP contribution in [0, 0.1) is 6.92 Å². The molecule has 0 amide bonds. The first-order chi connectivity index (χ1) is 9.15. The van der Waals surface area contributed by atoms with Gasteiger partial charge in [-0.3, -0.25) is 4.99 Å². The normalized spacial score (nSPS) is 12.5. The van der Waals surface area contributed by atoms with Gasteiger partial charge in [-0.2, -0.15) is 0 Å². The second-order valence-electron chi connectivity index (χ2n) is 4.95. The van der Waals surface area contributed by atoms with Crippen molar-refractivity contribution in [1.29, 1.82) is 0 Å². The smallest absolute Gasteiger partial charge is 0.191 e. The third-order valence-corrected chi connectivity index (χ3v) is 3.13. The van der Waals surface area contributed by atoms with Gasteiger partial charge in [0.1, 0.15) is 0 Å². The van der Waals surface area contributed by atoms with Crippen LogP contribution < -0.4 is 10.6 Å². The number of benzene rings is 1. The van der Waals surface area contributed by atoms with E-state index < -0.39 is 0 Å². The SMILES string of the molecule is CCNC(=NCCc1ccc(C)cc1)NC(C)CC.I. The highest BCUT2D eigenvalue weighted by molar-refractivity contribution is 14.0. The second kappa shape index (κ2) is 10.9. The number of nitrogens with zero attached hydrogens (tertiary/aromatic N) is 1. The molecule has 0 aliphatic rings. The molecule has 0 aromatic heterocycles. The quantitative estimate of drug-likeness (QED) is 0.444. The van der Waals surface area contributed by atoms with Crippen molar-refractivity contribution in [3.63, 3.8) is 0 Å². The van der Waals surface area contributed by atoms with Gasteiger partial charge in [0.15, 0.2) is 5.96 Å². The first-order valence-electron chi connectivity index (χ1n) is 7.26. The summed E-state index contributed by atoms with van der Waals surface area (Å²) in [6, 6.07) is 9.13. The molecule has 4 heteroatoms. The first kappa shape index (κ1) is 19.2. The molecular formula is C16H28IN3. The van der Waals surface area contributed by atoms with Crippen LogP contribution in [0.5, 0.6) is 0 Å². The van der Waals surface area contributed by atoms with Gasteiger partial charge < -0.3 is 10.6 Å². The van der Waals surface area contributed by atoms with E-state index in [1.807, 2.05) is 0 Å². The Morgan fingerprint density at radius 1 is 1.20 bits per heavy atom. The van der Waals surface area contributed by atoms with Crippen molar-refractivity contribution in [1.82, 2.24) is 10.6 Å². The first-order valence-corrected chi connectivity index (χ1v) is 7.26. The number of halogens is 1. The van der Waals surface area contributed by atoms with Gasteiger partial charge in [0, 0.05) is 19.1 Å². The van der Waals surface area contributed by atoms with Crippen LogP contribution in [-0.4, -0.2) is 25.1 Å². The van der Waals surface area contributed by atoms with Crippen LogP contribution in [0.2, 0.25) is 0 Å². The van der Waals surface area contributed by atoms with E-state index in [9.17, 15) is 0 Å². The van der Waals surface area contributed by atoms with E-state index in [2.05, 4.69) is 67.6 Å². The fraction of sp³-hybridized carbons (Fsp3) is 0.562. The largest absolute Gasteiger partial charge is 0.357 e. The molecule has 2 N–H and O–H groups in total. The Morgan fingerprint density at radius 3 is 2.40 bits per heavy atom. The molecule has 1 aromatic rings. The zero-order valence-corrected chi connectivity index (χ0v) is 15.4. The summed E-state index contributed by atoms with van der Waals surface area (Å²) in [7, 11) is 0. The molecule has 0 saturated carbocycles. The molecule has 3 nitrogen and oxygen atoms in total. The van der Waals surface area contributed by atoms with Gasteiger partial charge in [-0.1, -0.05) is 36.8 Å². The lowest BCUT2D eigenvalue weighted by Gasteiger charge is -2.16. The van der Waals surface area contributed by atoms with Crippen molar-refractivity contribution < 1.29 is 0 Å². The zero-order chi connectivity index (χ0) is 14.1. The highest BCUT2D eigenvalue weighted by atomic mass is 127. The fourth-order valence-electron chi connectivity index (χ4n) is 1.71. The second-order valence-corrected chi connectivity index (χ2v) is 4.95. The predicted molar refractivity (Wildman–Crippen MR) is 99.2 cm³/mol. The van der Waals surface area contributed by atoms with Crippen LogP contribution in [-0.2, 0) is 6.42 Å². The van der Waals surface area contributed by atoms with Gasteiger partial charge in [-0.15, -0.1) is 24.0 Å². The van der Waals surface area contributed by atoms with Crippen LogP contribution >= 0.6 is 24.0 Å². The Bertz CT molecular complexity index is 387. The lowest BCUT2D eigenvalue weighted by Crippen LogP contribution is -2.42. The highest BCUT2D eigenvalue weighted by Gasteiger charge is 2.01. The summed E-state index contributed by atoms with van der Waals surface area (Å²) in [6.07, 6.45) is 2.08. The summed E-state index contributed by atoms with van der Waals surface area (Å²) >= 11 is 0. The molecule has 20 heavy (non-hydrogen) atoms. The van der Waals surface area contributed by atoms with Crippen molar-refractivity contribution in [3.8, 4) is 0 Å². The molecule has 1 unspecified atom stereocenters. The van der Waals surface area contributed by atoms with Crippen molar-refractivity contribution in [2.45, 2.75) is 46.6 Å². The average molecular weight is 389 g/mol. The maximum absolute atomic E-state index is 4.61. The number of guanidine groups is 1. The number of nitrogens with one attached hydrogen (secondary N) is 2. The molecule has 0 aliphatic carbocycles. The molecule has 1 aromatic carbocycles. The number of aliphatic imine (C=N–C) groups is 1. The van der Waals surface area contributed by atoms with Gasteiger partial charge in [0.05, 0.1) is 0 Å². The van der Waals surface area contributed by atoms with E-state index in [4.69, 9.17) is 0 Å². The molecule has 0 saturated heterocycles.